The van der Waals surface area contributed by atoms with E-state index in [9.17, 15) is 14.3 Å². The Bertz CT molecular complexity index is 1340. The molecule has 388 valence electrons. The van der Waals surface area contributed by atoms with Crippen LogP contribution < -0.4 is 4.89 Å². The van der Waals surface area contributed by atoms with Crippen LogP contribution in [0.3, 0.4) is 0 Å². The maximum Gasteiger partial charge on any atom is 0.306 e. The number of carbonyl (C=O) groups excluding carboxylic acids is 1. The van der Waals surface area contributed by atoms with Gasteiger partial charge >= 0.3 is 5.97 Å². The summed E-state index contributed by atoms with van der Waals surface area (Å²) >= 11 is 0. The molecule has 0 saturated carbocycles. The summed E-state index contributed by atoms with van der Waals surface area (Å²) in [5.41, 5.74) is 0. The fourth-order valence-corrected chi connectivity index (χ4v) is 8.02. The van der Waals surface area contributed by atoms with Gasteiger partial charge in [-0.3, -0.25) is 9.36 Å². The van der Waals surface area contributed by atoms with Gasteiger partial charge in [0.25, 0.3) is 7.82 Å². The smallest absolute Gasteiger partial charge is 0.306 e. The number of nitrogens with zero attached hydrogens (tertiary/aromatic N) is 1. The van der Waals surface area contributed by atoms with Crippen molar-refractivity contribution < 1.29 is 37.3 Å². The minimum Gasteiger partial charge on any atom is -0.756 e. The zero-order valence-corrected chi connectivity index (χ0v) is 45.0. The van der Waals surface area contributed by atoms with E-state index in [1.54, 1.807) is 0 Å². The van der Waals surface area contributed by atoms with E-state index in [0.717, 1.165) is 96.3 Å². The lowest BCUT2D eigenvalue weighted by molar-refractivity contribution is -0.870. The Kier molecular flexibility index (Phi) is 48.3. The molecule has 0 spiro atoms. The third-order valence-corrected chi connectivity index (χ3v) is 12.4. The van der Waals surface area contributed by atoms with Gasteiger partial charge in [0.1, 0.15) is 19.3 Å². The van der Waals surface area contributed by atoms with Crippen LogP contribution in [0.25, 0.3) is 0 Å². The Morgan fingerprint density at radius 1 is 0.478 bits per heavy atom. The number of rotatable bonds is 50. The Morgan fingerprint density at radius 3 is 1.30 bits per heavy atom. The highest BCUT2D eigenvalue weighted by atomic mass is 31.2. The number of phosphoric acid groups is 1. The lowest BCUT2D eigenvalue weighted by atomic mass is 10.0. The van der Waals surface area contributed by atoms with Crippen LogP contribution in [0.4, 0.5) is 0 Å². The van der Waals surface area contributed by atoms with E-state index in [1.165, 1.54) is 103 Å². The van der Waals surface area contributed by atoms with Crippen molar-refractivity contribution in [1.29, 1.82) is 0 Å². The second kappa shape index (κ2) is 50.1. The Balaban J connectivity index is 4.19. The predicted octanol–water partition coefficient (Wildman–Crippen LogP) is 16.5. The van der Waals surface area contributed by atoms with Crippen LogP contribution in [0.15, 0.2) is 85.1 Å². The first-order valence-corrected chi connectivity index (χ1v) is 28.8. The first kappa shape index (κ1) is 64.7. The highest BCUT2D eigenvalue weighted by molar-refractivity contribution is 7.45. The molecule has 67 heavy (non-hydrogen) atoms. The van der Waals surface area contributed by atoms with Crippen molar-refractivity contribution in [2.45, 2.75) is 225 Å². The van der Waals surface area contributed by atoms with E-state index >= 15 is 0 Å². The summed E-state index contributed by atoms with van der Waals surface area (Å²) in [4.78, 5) is 25.2. The van der Waals surface area contributed by atoms with Crippen LogP contribution in [-0.4, -0.2) is 70.7 Å². The molecule has 2 atom stereocenters. The van der Waals surface area contributed by atoms with E-state index in [0.29, 0.717) is 24.1 Å². The van der Waals surface area contributed by atoms with Crippen LogP contribution in [0.5, 0.6) is 0 Å². The highest BCUT2D eigenvalue weighted by Crippen LogP contribution is 2.38. The van der Waals surface area contributed by atoms with E-state index in [-0.39, 0.29) is 25.8 Å². The zero-order valence-electron chi connectivity index (χ0n) is 44.1. The van der Waals surface area contributed by atoms with Gasteiger partial charge in [-0.05, 0) is 70.6 Å². The SMILES string of the molecule is CC/C=C\C/C=C\C/C=C\C/C=C\C/C=C\C/C=C\C/C=C\CCCCCCOCC(COP(=O)([O-])OCC[N+](C)(C)C)OC(=O)CCCCCCCCCCCCCCCCCCCCC. The number of unbranched alkanes of at least 4 members (excludes halogenated alkanes) is 22. The maximum absolute atomic E-state index is 12.8. The van der Waals surface area contributed by atoms with Gasteiger partial charge in [-0.25, -0.2) is 0 Å². The Labute approximate surface area is 414 Å². The molecule has 2 unspecified atom stereocenters. The summed E-state index contributed by atoms with van der Waals surface area (Å²) in [5.74, 6) is -0.343. The molecule has 0 aliphatic heterocycles. The van der Waals surface area contributed by atoms with Crippen molar-refractivity contribution in [3.8, 4) is 0 Å². The van der Waals surface area contributed by atoms with Crippen molar-refractivity contribution in [1.82, 2.24) is 0 Å². The van der Waals surface area contributed by atoms with Crippen LogP contribution >= 0.6 is 7.82 Å². The molecule has 0 amide bonds. The van der Waals surface area contributed by atoms with E-state index in [2.05, 4.69) is 98.9 Å². The van der Waals surface area contributed by atoms with Crippen LogP contribution in [-0.2, 0) is 27.9 Å². The molecule has 0 rings (SSSR count). The molecule has 0 heterocycles. The molecule has 0 aromatic heterocycles. The van der Waals surface area contributed by atoms with Crippen molar-refractivity contribution in [3.63, 3.8) is 0 Å². The maximum atomic E-state index is 12.8. The molecule has 0 aliphatic carbocycles. The van der Waals surface area contributed by atoms with Gasteiger partial charge in [0.2, 0.25) is 0 Å². The summed E-state index contributed by atoms with van der Waals surface area (Å²) in [6.07, 6.45) is 67.6. The zero-order chi connectivity index (χ0) is 49.0. The molecule has 0 aliphatic rings. The number of allylic oxidation sites excluding steroid dienone is 14. The summed E-state index contributed by atoms with van der Waals surface area (Å²) in [6.45, 7) is 5.25. The topological polar surface area (TPSA) is 94.1 Å². The van der Waals surface area contributed by atoms with Crippen LogP contribution in [0.1, 0.15) is 219 Å². The predicted molar refractivity (Wildman–Crippen MR) is 286 cm³/mol. The average Bonchev–Trinajstić information content (AvgIpc) is 3.29. The molecular formula is C58H104NO7P. The number of quaternary nitrogens is 1. The van der Waals surface area contributed by atoms with E-state index in [1.807, 2.05) is 21.1 Å². The number of hydrogen-bond donors (Lipinski definition) is 0. The third kappa shape index (κ3) is 54.5. The minimum atomic E-state index is -4.54. The molecule has 0 radical (unpaired) electrons. The molecule has 0 saturated heterocycles. The number of ether oxygens (including phenoxy) is 2. The summed E-state index contributed by atoms with van der Waals surface area (Å²) in [5, 5.41) is 0. The highest BCUT2D eigenvalue weighted by Gasteiger charge is 2.20. The Hall–Kier alpha value is -2.32. The van der Waals surface area contributed by atoms with Gasteiger partial charge in [-0.1, -0.05) is 227 Å². The van der Waals surface area contributed by atoms with E-state index < -0.39 is 13.9 Å². The average molecular weight is 958 g/mol. The molecule has 8 nitrogen and oxygen atoms in total. The van der Waals surface area contributed by atoms with Gasteiger partial charge in [-0.2, -0.15) is 0 Å². The molecule has 0 aromatic carbocycles. The largest absolute Gasteiger partial charge is 0.756 e. The van der Waals surface area contributed by atoms with E-state index in [4.69, 9.17) is 18.5 Å². The molecule has 0 aromatic rings. The number of carbonyl (C=O) groups is 1. The first-order chi connectivity index (χ1) is 32.6. The molecule has 0 N–H and O–H groups in total. The summed E-state index contributed by atoms with van der Waals surface area (Å²) in [7, 11) is 1.33. The number of likely N-dealkylation sites (N-methyl/N-ethyl adjacent to an activating group) is 1. The third-order valence-electron chi connectivity index (χ3n) is 11.5. The second-order valence-electron chi connectivity index (χ2n) is 19.2. The number of esters is 1. The lowest BCUT2D eigenvalue weighted by Crippen LogP contribution is -2.37. The second-order valence-corrected chi connectivity index (χ2v) is 20.6. The summed E-state index contributed by atoms with van der Waals surface area (Å²) in [6, 6.07) is 0. The fraction of sp³-hybridized carbons (Fsp3) is 0.741. The van der Waals surface area contributed by atoms with Crippen LogP contribution in [0, 0.1) is 0 Å². The van der Waals surface area contributed by atoms with Crippen molar-refractivity contribution in [2.75, 3.05) is 54.1 Å². The van der Waals surface area contributed by atoms with Crippen molar-refractivity contribution >= 4 is 13.8 Å². The fourth-order valence-electron chi connectivity index (χ4n) is 7.29. The van der Waals surface area contributed by atoms with Gasteiger partial charge in [0.05, 0.1) is 34.4 Å². The van der Waals surface area contributed by atoms with Gasteiger partial charge in [0, 0.05) is 13.0 Å². The van der Waals surface area contributed by atoms with Crippen molar-refractivity contribution in [2.24, 2.45) is 0 Å². The molecule has 9 heteroatoms. The number of hydrogen-bond acceptors (Lipinski definition) is 7. The van der Waals surface area contributed by atoms with Crippen molar-refractivity contribution in [3.05, 3.63) is 85.1 Å². The van der Waals surface area contributed by atoms with Gasteiger partial charge < -0.3 is 27.9 Å². The monoisotopic (exact) mass is 958 g/mol. The molecule has 0 fully saturated rings. The summed E-state index contributed by atoms with van der Waals surface area (Å²) < 4.78 is 34.8. The molecule has 0 bridgehead atoms. The molecular weight excluding hydrogens is 854 g/mol. The standard InChI is InChI=1S/C58H104NO7P/c1-6-8-10-12-14-16-18-20-22-24-26-27-28-29-30-31-32-34-36-38-40-42-44-46-48-50-53-63-55-57(56-65-67(61,62)64-54-52-59(3,4)5)66-58(60)51-49-47-45-43-41-39-37-35-33-25-23-21-19-17-15-13-11-9-7-2/h8,10,14,16,20,22,26-27,29-30,32,34,38,40,57H,6-7,9,11-13,15,17-19,21,23-25,28,31,33,35-37,39,41-56H2,1-5H3/b10-8-,16-14-,22-20-,27-26-,30-29-,34-32-,40-38-. The normalized spacial score (nSPS) is 14.2. The first-order valence-electron chi connectivity index (χ1n) is 27.3. The van der Waals surface area contributed by atoms with Gasteiger partial charge in [0.15, 0.2) is 0 Å². The van der Waals surface area contributed by atoms with Crippen LogP contribution in [0.2, 0.25) is 0 Å². The Morgan fingerprint density at radius 2 is 0.866 bits per heavy atom. The lowest BCUT2D eigenvalue weighted by Gasteiger charge is -2.28. The van der Waals surface area contributed by atoms with Gasteiger partial charge in [-0.15, -0.1) is 0 Å². The number of phosphoric ester groups is 1. The quantitative estimate of drug-likeness (QED) is 0.0197. The minimum absolute atomic E-state index is 0.0178.